The van der Waals surface area contributed by atoms with Crippen molar-refractivity contribution < 1.29 is 0 Å². The predicted octanol–water partition coefficient (Wildman–Crippen LogP) is 2.80. The van der Waals surface area contributed by atoms with Crippen molar-refractivity contribution in [2.45, 2.75) is 0 Å². The van der Waals surface area contributed by atoms with Gasteiger partial charge in [-0.25, -0.2) is 0 Å². The van der Waals surface area contributed by atoms with Crippen LogP contribution in [0.25, 0.3) is 10.9 Å². The number of rotatable bonds is 0. The highest BCUT2D eigenvalue weighted by Gasteiger charge is 1.92. The minimum absolute atomic E-state index is 0.982. The molecule has 0 bridgehead atoms. The van der Waals surface area contributed by atoms with Gasteiger partial charge in [-0.1, -0.05) is 15.9 Å². The van der Waals surface area contributed by atoms with Crippen molar-refractivity contribution in [2.75, 3.05) is 0 Å². The quantitative estimate of drug-likeness (QED) is 0.647. The molecule has 53 valence electrons. The van der Waals surface area contributed by atoms with E-state index in [-0.39, 0.29) is 0 Å². The molecular weight excluding hydrogens is 202 g/mol. The van der Waals surface area contributed by atoms with Crippen LogP contribution in [0.3, 0.4) is 0 Å². The van der Waals surface area contributed by atoms with Crippen LogP contribution in [-0.2, 0) is 0 Å². The van der Waals surface area contributed by atoms with Crippen LogP contribution in [0.1, 0.15) is 0 Å². The van der Waals surface area contributed by atoms with Gasteiger partial charge in [-0.05, 0) is 30.3 Å². The molecule has 1 heterocycles. The van der Waals surface area contributed by atoms with Crippen LogP contribution in [0.15, 0.2) is 34.9 Å². The SMILES string of the molecule is Brc1ccc2ncc[c]c2c1. The average molecular weight is 207 g/mol. The van der Waals surface area contributed by atoms with E-state index in [0.717, 1.165) is 15.4 Å². The van der Waals surface area contributed by atoms with Gasteiger partial charge in [0.05, 0.1) is 5.52 Å². The van der Waals surface area contributed by atoms with Gasteiger partial charge in [0.15, 0.2) is 0 Å². The molecule has 0 saturated carbocycles. The first-order valence-corrected chi connectivity index (χ1v) is 4.07. The van der Waals surface area contributed by atoms with Gasteiger partial charge in [-0.15, -0.1) is 0 Å². The molecule has 0 fully saturated rings. The van der Waals surface area contributed by atoms with Gasteiger partial charge in [0.1, 0.15) is 0 Å². The third-order valence-corrected chi connectivity index (χ3v) is 1.98. The summed E-state index contributed by atoms with van der Waals surface area (Å²) in [6.45, 7) is 0. The molecule has 1 nitrogen and oxygen atoms in total. The summed E-state index contributed by atoms with van der Waals surface area (Å²) in [5.74, 6) is 0. The molecule has 2 aromatic rings. The molecule has 2 heteroatoms. The lowest BCUT2D eigenvalue weighted by atomic mass is 10.2. The summed E-state index contributed by atoms with van der Waals surface area (Å²) in [6, 6.07) is 10.9. The predicted molar refractivity (Wildman–Crippen MR) is 48.3 cm³/mol. The van der Waals surface area contributed by atoms with E-state index in [1.165, 1.54) is 0 Å². The monoisotopic (exact) mass is 206 g/mol. The Balaban J connectivity index is 2.83. The fourth-order valence-corrected chi connectivity index (χ4v) is 1.34. The Labute approximate surface area is 73.2 Å². The molecule has 11 heavy (non-hydrogen) atoms. The minimum atomic E-state index is 0.982. The van der Waals surface area contributed by atoms with Crippen molar-refractivity contribution >= 4 is 26.8 Å². The topological polar surface area (TPSA) is 12.9 Å². The molecule has 0 unspecified atom stereocenters. The molecule has 1 aromatic carbocycles. The Morgan fingerprint density at radius 2 is 2.27 bits per heavy atom. The van der Waals surface area contributed by atoms with Crippen LogP contribution >= 0.6 is 15.9 Å². The minimum Gasteiger partial charge on any atom is -0.256 e. The van der Waals surface area contributed by atoms with E-state index in [0.29, 0.717) is 0 Å². The van der Waals surface area contributed by atoms with Crippen LogP contribution in [0.2, 0.25) is 0 Å². The van der Waals surface area contributed by atoms with E-state index in [4.69, 9.17) is 0 Å². The van der Waals surface area contributed by atoms with E-state index >= 15 is 0 Å². The maximum Gasteiger partial charge on any atom is 0.0708 e. The number of hydrogen-bond acceptors (Lipinski definition) is 1. The molecule has 1 aromatic heterocycles. The first kappa shape index (κ1) is 6.80. The van der Waals surface area contributed by atoms with E-state index in [1.54, 1.807) is 6.20 Å². The maximum atomic E-state index is 4.17. The standard InChI is InChI=1S/C9H5BrN/c10-8-3-4-9-7(6-8)2-1-5-11-9/h1,3-6H. The van der Waals surface area contributed by atoms with E-state index in [9.17, 15) is 0 Å². The largest absolute Gasteiger partial charge is 0.256 e. The molecular formula is C9H5BrN. The number of fused-ring (bicyclic) bond motifs is 1. The Bertz CT molecular complexity index is 384. The maximum absolute atomic E-state index is 4.17. The molecule has 0 aliphatic rings. The molecule has 1 radical (unpaired) electrons. The Hall–Kier alpha value is -0.890. The first-order chi connectivity index (χ1) is 5.36. The lowest BCUT2D eigenvalue weighted by Crippen LogP contribution is -1.75. The number of aromatic nitrogens is 1. The van der Waals surface area contributed by atoms with Crippen molar-refractivity contribution in [1.29, 1.82) is 0 Å². The first-order valence-electron chi connectivity index (χ1n) is 3.28. The zero-order valence-electron chi connectivity index (χ0n) is 5.71. The highest BCUT2D eigenvalue weighted by atomic mass is 79.9. The summed E-state index contributed by atoms with van der Waals surface area (Å²) >= 11 is 3.38. The summed E-state index contributed by atoms with van der Waals surface area (Å²) in [5, 5.41) is 1.04. The van der Waals surface area contributed by atoms with E-state index in [2.05, 4.69) is 27.0 Å². The van der Waals surface area contributed by atoms with Crippen molar-refractivity contribution in [3.63, 3.8) is 0 Å². The molecule has 0 atom stereocenters. The van der Waals surface area contributed by atoms with Crippen molar-refractivity contribution in [3.8, 4) is 0 Å². The summed E-state index contributed by atoms with van der Waals surface area (Å²) in [6.07, 6.45) is 1.75. The van der Waals surface area contributed by atoms with Crippen LogP contribution in [-0.4, -0.2) is 4.98 Å². The summed E-state index contributed by atoms with van der Waals surface area (Å²) in [4.78, 5) is 4.17. The number of pyridine rings is 1. The fraction of sp³-hybridized carbons (Fsp3) is 0. The molecule has 0 aliphatic carbocycles. The highest BCUT2D eigenvalue weighted by Crippen LogP contribution is 2.16. The van der Waals surface area contributed by atoms with Crippen LogP contribution < -0.4 is 0 Å². The Morgan fingerprint density at radius 3 is 3.18 bits per heavy atom. The number of nitrogens with zero attached hydrogens (tertiary/aromatic N) is 1. The Morgan fingerprint density at radius 1 is 1.36 bits per heavy atom. The summed E-state index contributed by atoms with van der Waals surface area (Å²) in [5.41, 5.74) is 0.982. The highest BCUT2D eigenvalue weighted by molar-refractivity contribution is 9.10. The van der Waals surface area contributed by atoms with Gasteiger partial charge in [-0.3, -0.25) is 4.98 Å². The molecule has 0 amide bonds. The van der Waals surface area contributed by atoms with E-state index < -0.39 is 0 Å². The van der Waals surface area contributed by atoms with Crippen LogP contribution in [0, 0.1) is 6.07 Å². The second kappa shape index (κ2) is 2.62. The van der Waals surface area contributed by atoms with Crippen molar-refractivity contribution in [3.05, 3.63) is 41.0 Å². The third kappa shape index (κ3) is 1.26. The molecule has 0 aliphatic heterocycles. The lowest BCUT2D eigenvalue weighted by Gasteiger charge is -1.94. The van der Waals surface area contributed by atoms with Gasteiger partial charge in [0.2, 0.25) is 0 Å². The number of halogens is 1. The zero-order valence-corrected chi connectivity index (χ0v) is 7.30. The normalized spacial score (nSPS) is 10.3. The van der Waals surface area contributed by atoms with Gasteiger partial charge in [0, 0.05) is 16.1 Å². The Kier molecular flexibility index (Phi) is 1.62. The molecule has 0 spiro atoms. The molecule has 0 N–H and O–H groups in total. The number of benzene rings is 1. The molecule has 0 saturated heterocycles. The summed E-state index contributed by atoms with van der Waals surface area (Å²) < 4.78 is 1.06. The second-order valence-electron chi connectivity index (χ2n) is 2.25. The van der Waals surface area contributed by atoms with Gasteiger partial charge < -0.3 is 0 Å². The van der Waals surface area contributed by atoms with Gasteiger partial charge >= 0.3 is 0 Å². The fourth-order valence-electron chi connectivity index (χ4n) is 0.981. The lowest BCUT2D eigenvalue weighted by molar-refractivity contribution is 1.41. The van der Waals surface area contributed by atoms with Crippen molar-refractivity contribution in [1.82, 2.24) is 4.98 Å². The van der Waals surface area contributed by atoms with Crippen LogP contribution in [0.5, 0.6) is 0 Å². The van der Waals surface area contributed by atoms with Crippen LogP contribution in [0.4, 0.5) is 0 Å². The summed E-state index contributed by atoms with van der Waals surface area (Å²) in [7, 11) is 0. The smallest absolute Gasteiger partial charge is 0.0708 e. The third-order valence-electron chi connectivity index (χ3n) is 1.49. The zero-order chi connectivity index (χ0) is 7.68. The molecule has 2 rings (SSSR count). The second-order valence-corrected chi connectivity index (χ2v) is 3.17. The van der Waals surface area contributed by atoms with Gasteiger partial charge in [0.25, 0.3) is 0 Å². The average Bonchev–Trinajstić information content (AvgIpc) is 2.04. The number of hydrogen-bond donors (Lipinski definition) is 0. The van der Waals surface area contributed by atoms with E-state index in [1.807, 2.05) is 24.3 Å². The van der Waals surface area contributed by atoms with Gasteiger partial charge in [-0.2, -0.15) is 0 Å². The van der Waals surface area contributed by atoms with Crippen molar-refractivity contribution in [2.24, 2.45) is 0 Å².